The third-order valence-corrected chi connectivity index (χ3v) is 4.89. The minimum atomic E-state index is -0.112. The maximum atomic E-state index is 12.1. The Labute approximate surface area is 169 Å². The zero-order valence-corrected chi connectivity index (χ0v) is 16.5. The fourth-order valence-corrected chi connectivity index (χ4v) is 3.28. The summed E-state index contributed by atoms with van der Waals surface area (Å²) in [4.78, 5) is 16.6. The molecule has 1 fully saturated rings. The average Bonchev–Trinajstić information content (AvgIpc) is 2.65. The van der Waals surface area contributed by atoms with Crippen molar-refractivity contribution in [3.8, 4) is 0 Å². The maximum absolute atomic E-state index is 12.1. The van der Waals surface area contributed by atoms with E-state index in [-0.39, 0.29) is 5.91 Å². The van der Waals surface area contributed by atoms with Gasteiger partial charge in [0.25, 0.3) is 5.91 Å². The SMILES string of the molecule is O=C(CN1CCN(Cc2ccc(Cl)cc2)CC1)N/N=C/c1cccc(Cl)c1. The number of carbonyl (C=O) groups is 1. The van der Waals surface area contributed by atoms with E-state index in [1.54, 1.807) is 18.3 Å². The van der Waals surface area contributed by atoms with Crippen LogP contribution in [0.15, 0.2) is 53.6 Å². The molecule has 27 heavy (non-hydrogen) atoms. The van der Waals surface area contributed by atoms with Gasteiger partial charge in [0.2, 0.25) is 0 Å². The summed E-state index contributed by atoms with van der Waals surface area (Å²) in [6.07, 6.45) is 1.59. The lowest BCUT2D eigenvalue weighted by atomic mass is 10.2. The lowest BCUT2D eigenvalue weighted by Gasteiger charge is -2.34. The molecule has 142 valence electrons. The van der Waals surface area contributed by atoms with E-state index in [4.69, 9.17) is 23.2 Å². The third kappa shape index (κ3) is 6.63. The molecule has 1 heterocycles. The highest BCUT2D eigenvalue weighted by molar-refractivity contribution is 6.31. The molecule has 0 atom stereocenters. The van der Waals surface area contributed by atoms with Gasteiger partial charge >= 0.3 is 0 Å². The first-order chi connectivity index (χ1) is 13.1. The molecule has 7 heteroatoms. The van der Waals surface area contributed by atoms with Gasteiger partial charge in [-0.3, -0.25) is 14.6 Å². The Balaban J connectivity index is 1.38. The van der Waals surface area contributed by atoms with Gasteiger partial charge in [0.1, 0.15) is 0 Å². The molecule has 0 unspecified atom stereocenters. The number of hydrogen-bond donors (Lipinski definition) is 1. The second-order valence-corrected chi connectivity index (χ2v) is 7.40. The van der Waals surface area contributed by atoms with Gasteiger partial charge in [-0.15, -0.1) is 0 Å². The van der Waals surface area contributed by atoms with E-state index in [2.05, 4.69) is 32.5 Å². The molecule has 0 aliphatic carbocycles. The summed E-state index contributed by atoms with van der Waals surface area (Å²) < 4.78 is 0. The number of nitrogens with one attached hydrogen (secondary N) is 1. The van der Waals surface area contributed by atoms with Crippen molar-refractivity contribution < 1.29 is 4.79 Å². The molecule has 3 rings (SSSR count). The first kappa shape index (κ1) is 19.8. The van der Waals surface area contributed by atoms with Gasteiger partial charge in [0, 0.05) is 42.8 Å². The minimum absolute atomic E-state index is 0.112. The lowest BCUT2D eigenvalue weighted by molar-refractivity contribution is -0.122. The topological polar surface area (TPSA) is 47.9 Å². The molecular formula is C20H22Cl2N4O. The Bertz CT molecular complexity index is 787. The Morgan fingerprint density at radius 3 is 2.41 bits per heavy atom. The molecule has 5 nitrogen and oxygen atoms in total. The van der Waals surface area contributed by atoms with Gasteiger partial charge in [-0.05, 0) is 35.4 Å². The molecule has 2 aromatic carbocycles. The van der Waals surface area contributed by atoms with Crippen molar-refractivity contribution >= 4 is 35.3 Å². The number of rotatable bonds is 6. The van der Waals surface area contributed by atoms with Crippen LogP contribution in [0.25, 0.3) is 0 Å². The minimum Gasteiger partial charge on any atom is -0.297 e. The van der Waals surface area contributed by atoms with Crippen LogP contribution >= 0.6 is 23.2 Å². The van der Waals surface area contributed by atoms with Gasteiger partial charge in [0.15, 0.2) is 0 Å². The third-order valence-electron chi connectivity index (χ3n) is 4.40. The summed E-state index contributed by atoms with van der Waals surface area (Å²) in [7, 11) is 0. The largest absolute Gasteiger partial charge is 0.297 e. The fraction of sp³-hybridized carbons (Fsp3) is 0.300. The number of hydrogen-bond acceptors (Lipinski definition) is 4. The number of hydrazone groups is 1. The van der Waals surface area contributed by atoms with E-state index in [9.17, 15) is 4.79 Å². The Morgan fingerprint density at radius 2 is 1.70 bits per heavy atom. The molecule has 0 radical (unpaired) electrons. The molecule has 1 aliphatic heterocycles. The quantitative estimate of drug-likeness (QED) is 0.593. The fourth-order valence-electron chi connectivity index (χ4n) is 2.96. The molecule has 1 aliphatic rings. The van der Waals surface area contributed by atoms with Crippen molar-refractivity contribution in [2.75, 3.05) is 32.7 Å². The number of amides is 1. The number of halogens is 2. The van der Waals surface area contributed by atoms with E-state index in [1.165, 1.54) is 5.56 Å². The normalized spacial score (nSPS) is 15.9. The predicted molar refractivity (Wildman–Crippen MR) is 110 cm³/mol. The summed E-state index contributed by atoms with van der Waals surface area (Å²) in [5, 5.41) is 5.39. The second kappa shape index (κ2) is 9.85. The van der Waals surface area contributed by atoms with Gasteiger partial charge in [-0.1, -0.05) is 47.5 Å². The molecular weight excluding hydrogens is 383 g/mol. The Kier molecular flexibility index (Phi) is 7.24. The molecule has 0 bridgehead atoms. The van der Waals surface area contributed by atoms with Crippen LogP contribution in [0.5, 0.6) is 0 Å². The van der Waals surface area contributed by atoms with Gasteiger partial charge in [-0.25, -0.2) is 5.43 Å². The van der Waals surface area contributed by atoms with Crippen LogP contribution in [-0.2, 0) is 11.3 Å². The number of nitrogens with zero attached hydrogens (tertiary/aromatic N) is 3. The number of piperazine rings is 1. The zero-order chi connectivity index (χ0) is 19.1. The maximum Gasteiger partial charge on any atom is 0.254 e. The molecule has 1 saturated heterocycles. The standard InChI is InChI=1S/C20H22Cl2N4O/c21-18-6-4-16(5-7-18)14-25-8-10-26(11-9-25)15-20(27)24-23-13-17-2-1-3-19(22)12-17/h1-7,12-13H,8-11,14-15H2,(H,24,27)/b23-13+. The van der Waals surface area contributed by atoms with Crippen LogP contribution in [0, 0.1) is 0 Å². The number of benzene rings is 2. The van der Waals surface area contributed by atoms with Crippen molar-refractivity contribution in [1.29, 1.82) is 0 Å². The molecule has 0 spiro atoms. The van der Waals surface area contributed by atoms with Crippen LogP contribution in [0.2, 0.25) is 10.0 Å². The summed E-state index contributed by atoms with van der Waals surface area (Å²) in [6.45, 7) is 4.84. The van der Waals surface area contributed by atoms with E-state index >= 15 is 0 Å². The van der Waals surface area contributed by atoms with Crippen LogP contribution in [0.4, 0.5) is 0 Å². The Hall–Kier alpha value is -1.92. The smallest absolute Gasteiger partial charge is 0.254 e. The highest BCUT2D eigenvalue weighted by atomic mass is 35.5. The van der Waals surface area contributed by atoms with E-state index in [0.717, 1.165) is 43.3 Å². The number of carbonyl (C=O) groups excluding carboxylic acids is 1. The molecule has 0 aromatic heterocycles. The zero-order valence-electron chi connectivity index (χ0n) is 14.9. The van der Waals surface area contributed by atoms with Gasteiger partial charge in [-0.2, -0.15) is 5.10 Å². The highest BCUT2D eigenvalue weighted by Gasteiger charge is 2.18. The molecule has 2 aromatic rings. The summed E-state index contributed by atoms with van der Waals surface area (Å²) in [5.74, 6) is -0.112. The molecule has 1 N–H and O–H groups in total. The van der Waals surface area contributed by atoms with Crippen LogP contribution in [-0.4, -0.2) is 54.6 Å². The molecule has 1 amide bonds. The van der Waals surface area contributed by atoms with Crippen LogP contribution in [0.3, 0.4) is 0 Å². The van der Waals surface area contributed by atoms with Crippen LogP contribution in [0.1, 0.15) is 11.1 Å². The lowest BCUT2D eigenvalue weighted by Crippen LogP contribution is -2.48. The predicted octanol–water partition coefficient (Wildman–Crippen LogP) is 3.26. The van der Waals surface area contributed by atoms with Gasteiger partial charge < -0.3 is 0 Å². The Morgan fingerprint density at radius 1 is 1.00 bits per heavy atom. The van der Waals surface area contributed by atoms with E-state index in [1.807, 2.05) is 24.3 Å². The monoisotopic (exact) mass is 404 g/mol. The molecule has 0 saturated carbocycles. The summed E-state index contributed by atoms with van der Waals surface area (Å²) >= 11 is 11.8. The van der Waals surface area contributed by atoms with Crippen molar-refractivity contribution in [3.63, 3.8) is 0 Å². The average molecular weight is 405 g/mol. The highest BCUT2D eigenvalue weighted by Crippen LogP contribution is 2.13. The first-order valence-electron chi connectivity index (χ1n) is 8.85. The van der Waals surface area contributed by atoms with E-state index in [0.29, 0.717) is 11.6 Å². The van der Waals surface area contributed by atoms with Crippen molar-refractivity contribution in [1.82, 2.24) is 15.2 Å². The van der Waals surface area contributed by atoms with E-state index < -0.39 is 0 Å². The van der Waals surface area contributed by atoms with Crippen molar-refractivity contribution in [2.24, 2.45) is 5.10 Å². The van der Waals surface area contributed by atoms with Gasteiger partial charge in [0.05, 0.1) is 12.8 Å². The first-order valence-corrected chi connectivity index (χ1v) is 9.61. The van der Waals surface area contributed by atoms with Crippen molar-refractivity contribution in [3.05, 3.63) is 69.7 Å². The van der Waals surface area contributed by atoms with Crippen molar-refractivity contribution in [2.45, 2.75) is 6.54 Å². The van der Waals surface area contributed by atoms with Crippen LogP contribution < -0.4 is 5.43 Å². The second-order valence-electron chi connectivity index (χ2n) is 6.53. The summed E-state index contributed by atoms with van der Waals surface area (Å²) in [5.41, 5.74) is 4.67. The summed E-state index contributed by atoms with van der Waals surface area (Å²) in [6, 6.07) is 15.3.